The first kappa shape index (κ1) is 22.7. The Hall–Kier alpha value is -4.44. The van der Waals surface area contributed by atoms with Crippen LogP contribution in [0.1, 0.15) is 34.1 Å². The van der Waals surface area contributed by atoms with Gasteiger partial charge in [0.25, 0.3) is 5.91 Å². The SMILES string of the molecule is O=C1c2c(O)c(=O)ccn2N(C2c3ccccc3-n3cccc3-c3c2ccc(F)c3F)C2CCOCCN12. The molecule has 192 valence electrons. The molecule has 38 heavy (non-hydrogen) atoms. The van der Waals surface area contributed by atoms with Gasteiger partial charge in [-0.3, -0.25) is 19.3 Å². The van der Waals surface area contributed by atoms with Crippen molar-refractivity contribution in [2.75, 3.05) is 24.8 Å². The van der Waals surface area contributed by atoms with Crippen molar-refractivity contribution in [3.05, 3.63) is 106 Å². The van der Waals surface area contributed by atoms with Crippen LogP contribution in [0.4, 0.5) is 8.78 Å². The minimum atomic E-state index is -0.975. The third-order valence-electron chi connectivity index (χ3n) is 7.61. The van der Waals surface area contributed by atoms with Crippen LogP contribution in [-0.2, 0) is 4.74 Å². The second kappa shape index (κ2) is 8.29. The van der Waals surface area contributed by atoms with Crippen LogP contribution in [0, 0.1) is 11.6 Å². The number of pyridine rings is 1. The number of aromatic hydroxyl groups is 1. The van der Waals surface area contributed by atoms with Crippen molar-refractivity contribution in [2.24, 2.45) is 0 Å². The maximum Gasteiger partial charge on any atom is 0.278 e. The summed E-state index contributed by atoms with van der Waals surface area (Å²) in [6.07, 6.45) is 3.11. The summed E-state index contributed by atoms with van der Waals surface area (Å²) in [5.74, 6) is -3.10. The molecule has 4 aromatic rings. The smallest absolute Gasteiger partial charge is 0.278 e. The molecule has 0 spiro atoms. The van der Waals surface area contributed by atoms with E-state index in [1.54, 1.807) is 29.3 Å². The Morgan fingerprint density at radius 1 is 0.921 bits per heavy atom. The Morgan fingerprint density at radius 3 is 2.63 bits per heavy atom. The van der Waals surface area contributed by atoms with E-state index in [2.05, 4.69) is 0 Å². The zero-order chi connectivity index (χ0) is 26.1. The van der Waals surface area contributed by atoms with Crippen LogP contribution in [-0.4, -0.2) is 51.1 Å². The second-order valence-electron chi connectivity index (χ2n) is 9.53. The van der Waals surface area contributed by atoms with Crippen molar-refractivity contribution in [2.45, 2.75) is 18.6 Å². The summed E-state index contributed by atoms with van der Waals surface area (Å²) in [6.45, 7) is 0.893. The lowest BCUT2D eigenvalue weighted by Crippen LogP contribution is -2.62. The highest BCUT2D eigenvalue weighted by Crippen LogP contribution is 2.46. The Balaban J connectivity index is 1.59. The average molecular weight is 517 g/mol. The first-order valence-corrected chi connectivity index (χ1v) is 12.3. The number of carbonyl (C=O) groups excluding carboxylic acids is 1. The second-order valence-corrected chi connectivity index (χ2v) is 9.53. The molecule has 0 radical (unpaired) electrons. The molecule has 8 nitrogen and oxygen atoms in total. The molecule has 2 aromatic heterocycles. The zero-order valence-corrected chi connectivity index (χ0v) is 20.1. The van der Waals surface area contributed by atoms with E-state index in [0.717, 1.165) is 17.3 Å². The molecule has 7 rings (SSSR count). The number of aromatic nitrogens is 2. The molecule has 2 atom stereocenters. The van der Waals surface area contributed by atoms with Crippen molar-refractivity contribution in [1.29, 1.82) is 0 Å². The van der Waals surface area contributed by atoms with Gasteiger partial charge >= 0.3 is 0 Å². The molecule has 3 aliphatic heterocycles. The molecule has 2 aromatic carbocycles. The number of nitrogens with zero attached hydrogens (tertiary/aromatic N) is 4. The standard InChI is InChI=1S/C28H22F2N4O4/c29-18-8-7-17-23(24(18)30)20-6-3-11-31(20)19-5-2-1-4-16(19)25(17)34-22-10-14-38-15-13-32(22)28(37)26-27(36)21(35)9-12-33(26)34/h1-9,11-12,22,25,36H,10,13-15H2. The van der Waals surface area contributed by atoms with Crippen LogP contribution in [0.2, 0.25) is 0 Å². The van der Waals surface area contributed by atoms with E-state index in [1.807, 2.05) is 33.8 Å². The summed E-state index contributed by atoms with van der Waals surface area (Å²) in [5, 5.41) is 12.6. The Bertz CT molecular complexity index is 1680. The van der Waals surface area contributed by atoms with E-state index in [4.69, 9.17) is 4.74 Å². The predicted molar refractivity (Wildman–Crippen MR) is 134 cm³/mol. The average Bonchev–Trinajstić information content (AvgIpc) is 3.21. The largest absolute Gasteiger partial charge is 0.502 e. The van der Waals surface area contributed by atoms with Crippen LogP contribution < -0.4 is 10.4 Å². The van der Waals surface area contributed by atoms with E-state index >= 15 is 4.39 Å². The quantitative estimate of drug-likeness (QED) is 0.419. The van der Waals surface area contributed by atoms with E-state index in [-0.39, 0.29) is 24.4 Å². The fourth-order valence-electron chi connectivity index (χ4n) is 5.99. The zero-order valence-electron chi connectivity index (χ0n) is 20.1. The van der Waals surface area contributed by atoms with Gasteiger partial charge in [-0.2, -0.15) is 0 Å². The van der Waals surface area contributed by atoms with Crippen LogP contribution in [0.5, 0.6) is 5.75 Å². The van der Waals surface area contributed by atoms with Gasteiger partial charge in [-0.15, -0.1) is 0 Å². The van der Waals surface area contributed by atoms with Gasteiger partial charge in [-0.1, -0.05) is 24.3 Å². The minimum absolute atomic E-state index is 0.108. The van der Waals surface area contributed by atoms with Crippen LogP contribution in [0.3, 0.4) is 0 Å². The molecule has 0 bridgehead atoms. The molecule has 0 saturated carbocycles. The van der Waals surface area contributed by atoms with Gasteiger partial charge in [0.1, 0.15) is 12.2 Å². The summed E-state index contributed by atoms with van der Waals surface area (Å²) < 4.78 is 39.4. The van der Waals surface area contributed by atoms with E-state index in [1.165, 1.54) is 16.9 Å². The van der Waals surface area contributed by atoms with Crippen molar-refractivity contribution in [1.82, 2.24) is 14.1 Å². The van der Waals surface area contributed by atoms with Crippen molar-refractivity contribution < 1.29 is 23.4 Å². The van der Waals surface area contributed by atoms with Gasteiger partial charge in [0.15, 0.2) is 23.1 Å². The highest BCUT2D eigenvalue weighted by Gasteiger charge is 2.45. The monoisotopic (exact) mass is 516 g/mol. The number of halogens is 2. The number of fused-ring (bicyclic) bond motifs is 7. The molecule has 1 saturated heterocycles. The number of rotatable bonds is 1. The molecule has 1 fully saturated rings. The number of hydrogen-bond donors (Lipinski definition) is 1. The van der Waals surface area contributed by atoms with Gasteiger partial charge < -0.3 is 19.3 Å². The molecule has 10 heteroatoms. The molecule has 3 aliphatic rings. The Labute approximate surface area is 215 Å². The molecule has 5 heterocycles. The van der Waals surface area contributed by atoms with Crippen molar-refractivity contribution in [3.63, 3.8) is 0 Å². The molecular formula is C28H22F2N4O4. The molecular weight excluding hydrogens is 494 g/mol. The maximum atomic E-state index is 15.7. The third-order valence-corrected chi connectivity index (χ3v) is 7.61. The van der Waals surface area contributed by atoms with Gasteiger partial charge in [-0.05, 0) is 29.8 Å². The topological polar surface area (TPSA) is 79.9 Å². The van der Waals surface area contributed by atoms with Crippen LogP contribution in [0.25, 0.3) is 16.9 Å². The maximum absolute atomic E-state index is 15.7. The highest BCUT2D eigenvalue weighted by atomic mass is 19.2. The fraction of sp³-hybridized carbons (Fsp3) is 0.214. The molecule has 2 unspecified atom stereocenters. The van der Waals surface area contributed by atoms with Gasteiger partial charge in [0.05, 0.1) is 24.6 Å². The lowest BCUT2D eigenvalue weighted by molar-refractivity contribution is 0.0557. The fourth-order valence-corrected chi connectivity index (χ4v) is 5.99. The van der Waals surface area contributed by atoms with E-state index in [9.17, 15) is 19.1 Å². The first-order chi connectivity index (χ1) is 18.5. The highest BCUT2D eigenvalue weighted by molar-refractivity contribution is 5.96. The number of benzene rings is 2. The summed E-state index contributed by atoms with van der Waals surface area (Å²) in [6, 6.07) is 14.2. The van der Waals surface area contributed by atoms with Crippen LogP contribution >= 0.6 is 0 Å². The number of para-hydroxylation sites is 1. The molecule has 1 amide bonds. The minimum Gasteiger partial charge on any atom is -0.502 e. The lowest BCUT2D eigenvalue weighted by Gasteiger charge is -2.49. The van der Waals surface area contributed by atoms with Crippen LogP contribution in [0.15, 0.2) is 71.8 Å². The summed E-state index contributed by atoms with van der Waals surface area (Å²) in [7, 11) is 0. The number of carbonyl (C=O) groups is 1. The summed E-state index contributed by atoms with van der Waals surface area (Å²) >= 11 is 0. The number of hydrogen-bond acceptors (Lipinski definition) is 5. The normalized spacial score (nSPS) is 20.0. The lowest BCUT2D eigenvalue weighted by atomic mass is 9.91. The van der Waals surface area contributed by atoms with Gasteiger partial charge in [-0.25, -0.2) is 8.78 Å². The first-order valence-electron chi connectivity index (χ1n) is 12.3. The molecule has 1 N–H and O–H groups in total. The Kier molecular flexibility index (Phi) is 4.96. The van der Waals surface area contributed by atoms with Crippen molar-refractivity contribution in [3.8, 4) is 22.7 Å². The Morgan fingerprint density at radius 2 is 1.76 bits per heavy atom. The third kappa shape index (κ3) is 3.03. The number of ether oxygens (including phenoxy) is 1. The molecule has 0 aliphatic carbocycles. The van der Waals surface area contributed by atoms with E-state index < -0.39 is 40.9 Å². The van der Waals surface area contributed by atoms with E-state index in [0.29, 0.717) is 24.3 Å². The number of amides is 1. The van der Waals surface area contributed by atoms with Crippen molar-refractivity contribution >= 4 is 5.91 Å². The summed E-state index contributed by atoms with van der Waals surface area (Å²) in [5.41, 5.74) is 1.76. The summed E-state index contributed by atoms with van der Waals surface area (Å²) in [4.78, 5) is 27.6. The van der Waals surface area contributed by atoms with Gasteiger partial charge in [0.2, 0.25) is 5.43 Å². The predicted octanol–water partition coefficient (Wildman–Crippen LogP) is 3.53. The van der Waals surface area contributed by atoms with Gasteiger partial charge in [0, 0.05) is 42.6 Å².